The Morgan fingerprint density at radius 3 is 2.81 bits per heavy atom. The topological polar surface area (TPSA) is 59.1 Å². The molecule has 88 valence electrons. The lowest BCUT2D eigenvalue weighted by atomic mass is 10.3. The highest BCUT2D eigenvalue weighted by molar-refractivity contribution is 5.27. The molecule has 0 aliphatic carbocycles. The van der Waals surface area contributed by atoms with E-state index in [-0.39, 0.29) is 6.10 Å². The molecule has 5 heteroatoms. The summed E-state index contributed by atoms with van der Waals surface area (Å²) in [6.45, 7) is 7.29. The van der Waals surface area contributed by atoms with Crippen molar-refractivity contribution < 1.29 is 4.74 Å². The fourth-order valence-electron chi connectivity index (χ4n) is 1.76. The first-order valence-electron chi connectivity index (χ1n) is 5.62. The summed E-state index contributed by atoms with van der Waals surface area (Å²) in [4.78, 5) is 8.64. The van der Waals surface area contributed by atoms with Crippen LogP contribution in [0.2, 0.25) is 0 Å². The first-order chi connectivity index (χ1) is 7.74. The first kappa shape index (κ1) is 11.3. The van der Waals surface area contributed by atoms with Crippen molar-refractivity contribution in [3.8, 4) is 0 Å². The highest BCUT2D eigenvalue weighted by atomic mass is 16.5. The van der Waals surface area contributed by atoms with Crippen LogP contribution in [0.3, 0.4) is 0 Å². The van der Waals surface area contributed by atoms with Crippen LogP contribution in [0.25, 0.3) is 0 Å². The van der Waals surface area contributed by atoms with E-state index in [1.807, 2.05) is 19.9 Å². The molecule has 2 N–H and O–H groups in total. The van der Waals surface area contributed by atoms with Crippen LogP contribution in [0.15, 0.2) is 6.07 Å². The Kier molecular flexibility index (Phi) is 3.69. The van der Waals surface area contributed by atoms with Crippen molar-refractivity contribution in [3.05, 3.63) is 17.5 Å². The molecule has 1 unspecified atom stereocenters. The average Bonchev–Trinajstić information content (AvgIpc) is 2.27. The van der Waals surface area contributed by atoms with Crippen molar-refractivity contribution in [2.24, 2.45) is 0 Å². The number of aromatic nitrogens is 2. The standard InChI is InChI=1S/C11H18N4O/c1-8-5-9(2)15-11(14-8)13-7-10-6-12-3-4-16-10/h5,10,12H,3-4,6-7H2,1-2H3,(H,13,14,15). The number of anilines is 1. The Morgan fingerprint density at radius 1 is 1.44 bits per heavy atom. The van der Waals surface area contributed by atoms with Gasteiger partial charge in [-0.2, -0.15) is 0 Å². The summed E-state index contributed by atoms with van der Waals surface area (Å²) >= 11 is 0. The molecule has 16 heavy (non-hydrogen) atoms. The molecule has 0 bridgehead atoms. The van der Waals surface area contributed by atoms with Gasteiger partial charge in [0.25, 0.3) is 0 Å². The van der Waals surface area contributed by atoms with E-state index in [4.69, 9.17) is 4.74 Å². The first-order valence-corrected chi connectivity index (χ1v) is 5.62. The summed E-state index contributed by atoms with van der Waals surface area (Å²) < 4.78 is 5.58. The van der Waals surface area contributed by atoms with Crippen molar-refractivity contribution in [2.75, 3.05) is 31.6 Å². The predicted molar refractivity (Wildman–Crippen MR) is 62.6 cm³/mol. The fourth-order valence-corrected chi connectivity index (χ4v) is 1.76. The second kappa shape index (κ2) is 5.23. The van der Waals surface area contributed by atoms with Gasteiger partial charge in [0.05, 0.1) is 12.7 Å². The van der Waals surface area contributed by atoms with E-state index in [1.54, 1.807) is 0 Å². The van der Waals surface area contributed by atoms with Gasteiger partial charge >= 0.3 is 0 Å². The number of morpholine rings is 1. The summed E-state index contributed by atoms with van der Waals surface area (Å²) in [7, 11) is 0. The van der Waals surface area contributed by atoms with Crippen molar-refractivity contribution >= 4 is 5.95 Å². The fraction of sp³-hybridized carbons (Fsp3) is 0.636. The second-order valence-electron chi connectivity index (χ2n) is 4.05. The number of rotatable bonds is 3. The molecule has 5 nitrogen and oxygen atoms in total. The molecule has 0 amide bonds. The van der Waals surface area contributed by atoms with Gasteiger partial charge in [0.15, 0.2) is 0 Å². The maximum absolute atomic E-state index is 5.58. The van der Waals surface area contributed by atoms with Gasteiger partial charge < -0.3 is 15.4 Å². The van der Waals surface area contributed by atoms with Crippen LogP contribution in [0.1, 0.15) is 11.4 Å². The average molecular weight is 222 g/mol. The van der Waals surface area contributed by atoms with Gasteiger partial charge in [-0.1, -0.05) is 0 Å². The van der Waals surface area contributed by atoms with Crippen molar-refractivity contribution in [1.82, 2.24) is 15.3 Å². The monoisotopic (exact) mass is 222 g/mol. The molecule has 1 saturated heterocycles. The highest BCUT2D eigenvalue weighted by Gasteiger charge is 2.13. The van der Waals surface area contributed by atoms with Crippen LogP contribution >= 0.6 is 0 Å². The summed E-state index contributed by atoms with van der Waals surface area (Å²) in [5.41, 5.74) is 1.97. The van der Waals surface area contributed by atoms with E-state index < -0.39 is 0 Å². The largest absolute Gasteiger partial charge is 0.374 e. The molecule has 1 aromatic rings. The number of aryl methyl sites for hydroxylation is 2. The van der Waals surface area contributed by atoms with Gasteiger partial charge in [-0.15, -0.1) is 0 Å². The Labute approximate surface area is 95.6 Å². The Morgan fingerprint density at radius 2 is 2.19 bits per heavy atom. The maximum atomic E-state index is 5.58. The van der Waals surface area contributed by atoms with Gasteiger partial charge in [-0.25, -0.2) is 9.97 Å². The normalized spacial score (nSPS) is 20.8. The highest BCUT2D eigenvalue weighted by Crippen LogP contribution is 2.04. The van der Waals surface area contributed by atoms with Gasteiger partial charge in [0.2, 0.25) is 5.95 Å². The van der Waals surface area contributed by atoms with Crippen molar-refractivity contribution in [2.45, 2.75) is 20.0 Å². The molecular weight excluding hydrogens is 204 g/mol. The number of hydrogen-bond donors (Lipinski definition) is 2. The van der Waals surface area contributed by atoms with E-state index in [9.17, 15) is 0 Å². The third-order valence-corrected chi connectivity index (χ3v) is 2.47. The summed E-state index contributed by atoms with van der Waals surface area (Å²) in [6.07, 6.45) is 0.207. The lowest BCUT2D eigenvalue weighted by Crippen LogP contribution is -2.42. The lowest BCUT2D eigenvalue weighted by molar-refractivity contribution is 0.0371. The van der Waals surface area contributed by atoms with Crippen molar-refractivity contribution in [1.29, 1.82) is 0 Å². The van der Waals surface area contributed by atoms with Gasteiger partial charge in [-0.05, 0) is 19.9 Å². The quantitative estimate of drug-likeness (QED) is 0.779. The molecule has 1 atom stereocenters. The summed E-state index contributed by atoms with van der Waals surface area (Å²) in [5.74, 6) is 0.687. The Balaban J connectivity index is 1.88. The minimum Gasteiger partial charge on any atom is -0.374 e. The number of hydrogen-bond acceptors (Lipinski definition) is 5. The zero-order valence-electron chi connectivity index (χ0n) is 9.79. The van der Waals surface area contributed by atoms with Gasteiger partial charge in [0, 0.05) is 31.0 Å². The zero-order chi connectivity index (χ0) is 11.4. The number of ether oxygens (including phenoxy) is 1. The Hall–Kier alpha value is -1.20. The molecule has 0 saturated carbocycles. The molecule has 2 heterocycles. The van der Waals surface area contributed by atoms with Gasteiger partial charge in [0.1, 0.15) is 0 Å². The molecule has 1 aliphatic heterocycles. The van der Waals surface area contributed by atoms with E-state index in [2.05, 4.69) is 20.6 Å². The minimum atomic E-state index is 0.207. The zero-order valence-corrected chi connectivity index (χ0v) is 9.79. The summed E-state index contributed by atoms with van der Waals surface area (Å²) in [5, 5.41) is 6.50. The third-order valence-electron chi connectivity index (χ3n) is 2.47. The molecule has 0 radical (unpaired) electrons. The maximum Gasteiger partial charge on any atom is 0.223 e. The van der Waals surface area contributed by atoms with E-state index >= 15 is 0 Å². The minimum absolute atomic E-state index is 0.207. The van der Waals surface area contributed by atoms with E-state index in [0.29, 0.717) is 5.95 Å². The van der Waals surface area contributed by atoms with E-state index in [1.165, 1.54) is 0 Å². The molecule has 0 spiro atoms. The Bertz CT molecular complexity index is 330. The molecular formula is C11H18N4O. The second-order valence-corrected chi connectivity index (χ2v) is 4.05. The van der Waals surface area contributed by atoms with Gasteiger partial charge in [-0.3, -0.25) is 0 Å². The molecule has 1 aromatic heterocycles. The molecule has 2 rings (SSSR count). The lowest BCUT2D eigenvalue weighted by Gasteiger charge is -2.23. The van der Waals surface area contributed by atoms with E-state index in [0.717, 1.165) is 37.6 Å². The van der Waals surface area contributed by atoms with Crippen LogP contribution in [-0.4, -0.2) is 42.3 Å². The number of nitrogens with one attached hydrogen (secondary N) is 2. The van der Waals surface area contributed by atoms with Crippen LogP contribution in [0.4, 0.5) is 5.95 Å². The van der Waals surface area contributed by atoms with Crippen LogP contribution in [0, 0.1) is 13.8 Å². The predicted octanol–water partition coefficient (Wildman–Crippen LogP) is 0.494. The van der Waals surface area contributed by atoms with Crippen LogP contribution < -0.4 is 10.6 Å². The number of nitrogens with zero attached hydrogens (tertiary/aromatic N) is 2. The molecule has 1 fully saturated rings. The SMILES string of the molecule is Cc1cc(C)nc(NCC2CNCCO2)n1. The van der Waals surface area contributed by atoms with Crippen molar-refractivity contribution in [3.63, 3.8) is 0 Å². The molecule has 0 aromatic carbocycles. The van der Waals surface area contributed by atoms with Crippen LogP contribution in [-0.2, 0) is 4.74 Å². The summed E-state index contributed by atoms with van der Waals surface area (Å²) in [6, 6.07) is 1.96. The van der Waals surface area contributed by atoms with Crippen LogP contribution in [0.5, 0.6) is 0 Å². The smallest absolute Gasteiger partial charge is 0.223 e. The molecule has 1 aliphatic rings. The third kappa shape index (κ3) is 3.15.